The molecule has 0 aliphatic heterocycles. The van der Waals surface area contributed by atoms with Gasteiger partial charge in [0, 0.05) is 29.7 Å². The minimum Gasteiger partial charge on any atom is -0.340 e. The second-order valence-electron chi connectivity index (χ2n) is 5.01. The molecule has 110 valence electrons. The number of amides is 2. The van der Waals surface area contributed by atoms with Crippen LogP contribution in [-0.4, -0.2) is 16.4 Å². The summed E-state index contributed by atoms with van der Waals surface area (Å²) >= 11 is 0. The Balaban J connectivity index is 1.98. The van der Waals surface area contributed by atoms with E-state index in [0.29, 0.717) is 11.4 Å². The zero-order valence-corrected chi connectivity index (χ0v) is 12.4. The van der Waals surface area contributed by atoms with Gasteiger partial charge in [0.05, 0.1) is 0 Å². The van der Waals surface area contributed by atoms with E-state index in [1.165, 1.54) is 6.92 Å². The van der Waals surface area contributed by atoms with Crippen LogP contribution in [0.3, 0.4) is 0 Å². The second-order valence-corrected chi connectivity index (χ2v) is 5.01. The number of nitrogens with one attached hydrogen (secondary N) is 2. The molecule has 0 spiro atoms. The molecule has 1 aromatic heterocycles. The summed E-state index contributed by atoms with van der Waals surface area (Å²) in [7, 11) is 0. The van der Waals surface area contributed by atoms with Crippen molar-refractivity contribution >= 4 is 23.2 Å². The summed E-state index contributed by atoms with van der Waals surface area (Å²) in [6, 6.07) is 11.0. The van der Waals surface area contributed by atoms with Crippen LogP contribution in [0.1, 0.15) is 18.3 Å². The van der Waals surface area contributed by atoms with E-state index in [-0.39, 0.29) is 18.4 Å². The lowest BCUT2D eigenvalue weighted by atomic mass is 10.2. The fourth-order valence-corrected chi connectivity index (χ4v) is 2.13. The number of carbonyl (C=O) groups excluding carboxylic acids is 2. The zero-order valence-electron chi connectivity index (χ0n) is 12.4. The predicted octanol–water partition coefficient (Wildman–Crippen LogP) is 2.70. The number of aromatic nitrogens is 1. The third-order valence-corrected chi connectivity index (χ3v) is 3.21. The molecular formula is C16H19N3O2. The smallest absolute Gasteiger partial charge is 0.244 e. The molecule has 0 fully saturated rings. The van der Waals surface area contributed by atoms with Crippen LogP contribution >= 0.6 is 0 Å². The maximum absolute atomic E-state index is 12.0. The Labute approximate surface area is 124 Å². The van der Waals surface area contributed by atoms with Crippen molar-refractivity contribution < 1.29 is 9.59 Å². The van der Waals surface area contributed by atoms with Gasteiger partial charge in [-0.25, -0.2) is 0 Å². The van der Waals surface area contributed by atoms with Crippen LogP contribution in [0.15, 0.2) is 36.4 Å². The van der Waals surface area contributed by atoms with Crippen LogP contribution in [0.25, 0.3) is 0 Å². The van der Waals surface area contributed by atoms with Gasteiger partial charge >= 0.3 is 0 Å². The molecule has 0 aliphatic carbocycles. The summed E-state index contributed by atoms with van der Waals surface area (Å²) in [6.45, 7) is 5.69. The van der Waals surface area contributed by atoms with Crippen molar-refractivity contribution in [3.63, 3.8) is 0 Å². The molecular weight excluding hydrogens is 266 g/mol. The third-order valence-electron chi connectivity index (χ3n) is 3.21. The molecule has 0 aliphatic rings. The third kappa shape index (κ3) is 3.95. The first kappa shape index (κ1) is 14.8. The van der Waals surface area contributed by atoms with Gasteiger partial charge in [-0.05, 0) is 50.2 Å². The lowest BCUT2D eigenvalue weighted by Crippen LogP contribution is -2.20. The fraction of sp³-hybridized carbons (Fsp3) is 0.250. The summed E-state index contributed by atoms with van der Waals surface area (Å²) in [6.07, 6.45) is 0. The van der Waals surface area contributed by atoms with E-state index >= 15 is 0 Å². The SMILES string of the molecule is CC(=O)Nc1ccc(NC(=O)Cn2c(C)ccc2C)cc1. The van der Waals surface area contributed by atoms with Crippen molar-refractivity contribution in [3.05, 3.63) is 47.8 Å². The molecule has 0 saturated carbocycles. The Morgan fingerprint density at radius 3 is 1.86 bits per heavy atom. The first-order valence-corrected chi connectivity index (χ1v) is 6.76. The molecule has 0 radical (unpaired) electrons. The van der Waals surface area contributed by atoms with Gasteiger partial charge in [-0.15, -0.1) is 0 Å². The topological polar surface area (TPSA) is 63.1 Å². The van der Waals surface area contributed by atoms with Gasteiger partial charge in [-0.1, -0.05) is 0 Å². The van der Waals surface area contributed by atoms with Crippen LogP contribution < -0.4 is 10.6 Å². The minimum absolute atomic E-state index is 0.0790. The molecule has 21 heavy (non-hydrogen) atoms. The highest BCUT2D eigenvalue weighted by Crippen LogP contribution is 2.14. The summed E-state index contributed by atoms with van der Waals surface area (Å²) < 4.78 is 1.96. The molecule has 0 unspecified atom stereocenters. The minimum atomic E-state index is -0.120. The first-order valence-electron chi connectivity index (χ1n) is 6.76. The molecule has 2 amide bonds. The molecule has 0 atom stereocenters. The Kier molecular flexibility index (Phi) is 4.42. The van der Waals surface area contributed by atoms with Gasteiger partial charge in [0.25, 0.3) is 0 Å². The average Bonchev–Trinajstić information content (AvgIpc) is 2.72. The average molecular weight is 285 g/mol. The first-order chi connectivity index (χ1) is 9.95. The van der Waals surface area contributed by atoms with Gasteiger partial charge in [0.1, 0.15) is 6.54 Å². The van der Waals surface area contributed by atoms with Gasteiger partial charge < -0.3 is 15.2 Å². The lowest BCUT2D eigenvalue weighted by Gasteiger charge is -2.10. The maximum Gasteiger partial charge on any atom is 0.244 e. The molecule has 2 N–H and O–H groups in total. The van der Waals surface area contributed by atoms with E-state index in [9.17, 15) is 9.59 Å². The quantitative estimate of drug-likeness (QED) is 0.907. The standard InChI is InChI=1S/C16H19N3O2/c1-11-4-5-12(2)19(11)10-16(21)18-15-8-6-14(7-9-15)17-13(3)20/h4-9H,10H2,1-3H3,(H,17,20)(H,18,21). The van der Waals surface area contributed by atoms with E-state index < -0.39 is 0 Å². The summed E-state index contributed by atoms with van der Waals surface area (Å²) in [5.41, 5.74) is 3.53. The molecule has 2 rings (SSSR count). The monoisotopic (exact) mass is 285 g/mol. The van der Waals surface area contributed by atoms with Crippen LogP contribution in [0.5, 0.6) is 0 Å². The molecule has 1 heterocycles. The van der Waals surface area contributed by atoms with Crippen molar-refractivity contribution in [2.75, 3.05) is 10.6 Å². The van der Waals surface area contributed by atoms with Crippen molar-refractivity contribution in [3.8, 4) is 0 Å². The normalized spacial score (nSPS) is 10.2. The summed E-state index contributed by atoms with van der Waals surface area (Å²) in [5.74, 6) is -0.199. The van der Waals surface area contributed by atoms with Gasteiger partial charge in [-0.2, -0.15) is 0 Å². The number of hydrogen-bond acceptors (Lipinski definition) is 2. The molecule has 2 aromatic rings. The van der Waals surface area contributed by atoms with Crippen molar-refractivity contribution in [1.29, 1.82) is 0 Å². The van der Waals surface area contributed by atoms with E-state index in [1.54, 1.807) is 24.3 Å². The van der Waals surface area contributed by atoms with Crippen molar-refractivity contribution in [2.45, 2.75) is 27.3 Å². The predicted molar refractivity (Wildman–Crippen MR) is 83.3 cm³/mol. The molecule has 5 heteroatoms. The number of nitrogens with zero attached hydrogens (tertiary/aromatic N) is 1. The van der Waals surface area contributed by atoms with Crippen molar-refractivity contribution in [1.82, 2.24) is 4.57 Å². The van der Waals surface area contributed by atoms with E-state index in [0.717, 1.165) is 11.4 Å². The number of hydrogen-bond donors (Lipinski definition) is 2. The van der Waals surface area contributed by atoms with Crippen LogP contribution in [0.4, 0.5) is 11.4 Å². The molecule has 0 bridgehead atoms. The largest absolute Gasteiger partial charge is 0.340 e. The summed E-state index contributed by atoms with van der Waals surface area (Å²) in [5, 5.41) is 5.52. The Morgan fingerprint density at radius 1 is 0.905 bits per heavy atom. The number of aryl methyl sites for hydroxylation is 2. The Bertz CT molecular complexity index is 637. The van der Waals surface area contributed by atoms with Crippen LogP contribution in [-0.2, 0) is 16.1 Å². The number of rotatable bonds is 4. The summed E-state index contributed by atoms with van der Waals surface area (Å²) in [4.78, 5) is 23.0. The van der Waals surface area contributed by atoms with Crippen LogP contribution in [0, 0.1) is 13.8 Å². The highest BCUT2D eigenvalue weighted by Gasteiger charge is 2.07. The molecule has 1 aromatic carbocycles. The Morgan fingerprint density at radius 2 is 1.38 bits per heavy atom. The molecule has 0 saturated heterocycles. The van der Waals surface area contributed by atoms with E-state index in [2.05, 4.69) is 10.6 Å². The number of carbonyl (C=O) groups is 2. The van der Waals surface area contributed by atoms with Crippen LogP contribution in [0.2, 0.25) is 0 Å². The maximum atomic E-state index is 12.0. The van der Waals surface area contributed by atoms with Crippen molar-refractivity contribution in [2.24, 2.45) is 0 Å². The Hall–Kier alpha value is -2.56. The highest BCUT2D eigenvalue weighted by molar-refractivity contribution is 5.92. The zero-order chi connectivity index (χ0) is 15.4. The number of benzene rings is 1. The van der Waals surface area contributed by atoms with Gasteiger partial charge in [0.15, 0.2) is 0 Å². The van der Waals surface area contributed by atoms with Gasteiger partial charge in [-0.3, -0.25) is 9.59 Å². The number of anilines is 2. The highest BCUT2D eigenvalue weighted by atomic mass is 16.2. The second kappa shape index (κ2) is 6.26. The molecule has 5 nitrogen and oxygen atoms in total. The lowest BCUT2D eigenvalue weighted by molar-refractivity contribution is -0.117. The van der Waals surface area contributed by atoms with E-state index in [4.69, 9.17) is 0 Å². The van der Waals surface area contributed by atoms with E-state index in [1.807, 2.05) is 30.5 Å². The fourth-order valence-electron chi connectivity index (χ4n) is 2.13. The van der Waals surface area contributed by atoms with Gasteiger partial charge in [0.2, 0.25) is 11.8 Å².